The third kappa shape index (κ3) is 3.41. The maximum absolute atomic E-state index is 10.8. The Hall–Kier alpha value is -1.27. The van der Waals surface area contributed by atoms with E-state index in [0.717, 1.165) is 3.57 Å². The van der Waals surface area contributed by atoms with Crippen LogP contribution in [0.15, 0.2) is 29.4 Å². The summed E-state index contributed by atoms with van der Waals surface area (Å²) in [6.07, 6.45) is -0.888. The molecular formula is C9H8IN3O2. The molecule has 0 amide bonds. The number of carbonyl (C=O) groups is 1. The number of azide groups is 1. The van der Waals surface area contributed by atoms with Crippen LogP contribution in [0.4, 0.5) is 0 Å². The highest BCUT2D eigenvalue weighted by molar-refractivity contribution is 14.1. The van der Waals surface area contributed by atoms with E-state index in [2.05, 4.69) is 32.6 Å². The Morgan fingerprint density at radius 2 is 2.27 bits per heavy atom. The van der Waals surface area contributed by atoms with Crippen LogP contribution in [0.1, 0.15) is 18.7 Å². The summed E-state index contributed by atoms with van der Waals surface area (Å²) in [5.41, 5.74) is 9.05. The van der Waals surface area contributed by atoms with Gasteiger partial charge in [-0.1, -0.05) is 18.2 Å². The van der Waals surface area contributed by atoms with Crippen molar-refractivity contribution in [3.8, 4) is 0 Å². The molecule has 0 aliphatic heterocycles. The number of ether oxygens (including phenoxy) is 1. The van der Waals surface area contributed by atoms with Crippen LogP contribution < -0.4 is 0 Å². The molecule has 0 aliphatic rings. The minimum Gasteiger partial charge on any atom is -0.451 e. The Balaban J connectivity index is 3.03. The second-order valence-electron chi connectivity index (χ2n) is 2.69. The third-order valence-electron chi connectivity index (χ3n) is 1.61. The lowest BCUT2D eigenvalue weighted by atomic mass is 10.2. The van der Waals surface area contributed by atoms with Gasteiger partial charge in [0.05, 0.1) is 0 Å². The van der Waals surface area contributed by atoms with Crippen molar-refractivity contribution in [1.82, 2.24) is 0 Å². The minimum atomic E-state index is -0.888. The molecule has 0 N–H and O–H groups in total. The largest absolute Gasteiger partial charge is 0.451 e. The van der Waals surface area contributed by atoms with Crippen molar-refractivity contribution < 1.29 is 9.53 Å². The fourth-order valence-electron chi connectivity index (χ4n) is 1.03. The summed E-state index contributed by atoms with van der Waals surface area (Å²) in [7, 11) is 0. The number of nitrogens with zero attached hydrogens (tertiary/aromatic N) is 3. The number of esters is 1. The predicted molar refractivity (Wildman–Crippen MR) is 62.8 cm³/mol. The fourth-order valence-corrected chi connectivity index (χ4v) is 1.68. The topological polar surface area (TPSA) is 75.1 Å². The lowest BCUT2D eigenvalue weighted by Crippen LogP contribution is -2.06. The van der Waals surface area contributed by atoms with Crippen LogP contribution in [0, 0.1) is 3.57 Å². The molecule has 0 saturated heterocycles. The van der Waals surface area contributed by atoms with E-state index < -0.39 is 12.2 Å². The summed E-state index contributed by atoms with van der Waals surface area (Å²) >= 11 is 2.09. The van der Waals surface area contributed by atoms with Crippen LogP contribution in [-0.4, -0.2) is 5.97 Å². The monoisotopic (exact) mass is 317 g/mol. The first-order chi connectivity index (χ1) is 7.15. The average molecular weight is 317 g/mol. The molecule has 78 valence electrons. The van der Waals surface area contributed by atoms with Gasteiger partial charge in [0.1, 0.15) is 0 Å². The highest BCUT2D eigenvalue weighted by Crippen LogP contribution is 2.24. The van der Waals surface area contributed by atoms with E-state index in [1.165, 1.54) is 6.92 Å². The molecule has 5 nitrogen and oxygen atoms in total. The van der Waals surface area contributed by atoms with Crippen LogP contribution in [0.2, 0.25) is 0 Å². The summed E-state index contributed by atoms with van der Waals surface area (Å²) in [5, 5.41) is 3.43. The molecule has 0 radical (unpaired) electrons. The number of hydrogen-bond acceptors (Lipinski definition) is 3. The zero-order valence-electron chi connectivity index (χ0n) is 7.92. The van der Waals surface area contributed by atoms with Gasteiger partial charge in [0, 0.05) is 21.0 Å². The first kappa shape index (κ1) is 11.8. The van der Waals surface area contributed by atoms with Crippen molar-refractivity contribution in [2.24, 2.45) is 5.11 Å². The minimum absolute atomic E-state index is 0.480. The maximum Gasteiger partial charge on any atom is 0.303 e. The van der Waals surface area contributed by atoms with Crippen molar-refractivity contribution >= 4 is 28.6 Å². The van der Waals surface area contributed by atoms with Crippen LogP contribution in [0.3, 0.4) is 0 Å². The number of halogens is 1. The molecule has 6 heteroatoms. The van der Waals surface area contributed by atoms with E-state index >= 15 is 0 Å². The van der Waals surface area contributed by atoms with Crippen molar-refractivity contribution in [3.05, 3.63) is 43.8 Å². The van der Waals surface area contributed by atoms with Gasteiger partial charge >= 0.3 is 5.97 Å². The molecule has 1 aromatic rings. The predicted octanol–water partition coefficient (Wildman–Crippen LogP) is 3.16. The molecule has 0 aromatic heterocycles. The van der Waals surface area contributed by atoms with Gasteiger partial charge in [-0.3, -0.25) is 4.79 Å². The van der Waals surface area contributed by atoms with Gasteiger partial charge in [-0.15, -0.1) is 0 Å². The normalized spacial score (nSPS) is 11.3. The van der Waals surface area contributed by atoms with Crippen molar-refractivity contribution in [1.29, 1.82) is 0 Å². The lowest BCUT2D eigenvalue weighted by Gasteiger charge is -2.12. The Kier molecular flexibility index (Phi) is 4.38. The third-order valence-corrected chi connectivity index (χ3v) is 2.59. The number of rotatable bonds is 3. The first-order valence-electron chi connectivity index (χ1n) is 4.11. The Morgan fingerprint density at radius 3 is 2.80 bits per heavy atom. The van der Waals surface area contributed by atoms with E-state index in [4.69, 9.17) is 10.3 Å². The zero-order valence-corrected chi connectivity index (χ0v) is 10.1. The quantitative estimate of drug-likeness (QED) is 0.282. The summed E-state index contributed by atoms with van der Waals surface area (Å²) < 4.78 is 5.78. The number of benzene rings is 1. The van der Waals surface area contributed by atoms with E-state index in [0.29, 0.717) is 5.56 Å². The van der Waals surface area contributed by atoms with Crippen molar-refractivity contribution in [3.63, 3.8) is 0 Å². The molecule has 0 aliphatic carbocycles. The Labute approximate surface area is 100 Å². The molecule has 0 saturated carbocycles. The molecule has 0 fully saturated rings. The first-order valence-corrected chi connectivity index (χ1v) is 5.19. The van der Waals surface area contributed by atoms with E-state index in [9.17, 15) is 4.79 Å². The van der Waals surface area contributed by atoms with Crippen LogP contribution in [-0.2, 0) is 9.53 Å². The van der Waals surface area contributed by atoms with Crippen LogP contribution in [0.25, 0.3) is 10.4 Å². The molecule has 1 aromatic carbocycles. The van der Waals surface area contributed by atoms with Gasteiger partial charge in [-0.2, -0.15) is 0 Å². The summed E-state index contributed by atoms with van der Waals surface area (Å²) in [4.78, 5) is 13.5. The molecule has 15 heavy (non-hydrogen) atoms. The van der Waals surface area contributed by atoms with E-state index in [-0.39, 0.29) is 0 Å². The standard InChI is InChI=1S/C9H8IN3O2/c1-6(14)15-9(12-13-11)7-4-2-3-5-8(7)10/h2-5,9H,1H3. The summed E-state index contributed by atoms with van der Waals surface area (Å²) in [5.74, 6) is -0.480. The second-order valence-corrected chi connectivity index (χ2v) is 3.85. The summed E-state index contributed by atoms with van der Waals surface area (Å²) in [6.45, 7) is 1.27. The average Bonchev–Trinajstić information content (AvgIpc) is 2.17. The van der Waals surface area contributed by atoms with Crippen LogP contribution in [0.5, 0.6) is 0 Å². The molecule has 0 spiro atoms. The molecule has 1 unspecified atom stereocenters. The molecule has 0 bridgehead atoms. The van der Waals surface area contributed by atoms with Gasteiger partial charge in [-0.25, -0.2) is 0 Å². The number of carbonyl (C=O) groups excluding carboxylic acids is 1. The molecule has 1 rings (SSSR count). The lowest BCUT2D eigenvalue weighted by molar-refractivity contribution is -0.146. The zero-order chi connectivity index (χ0) is 11.3. The Bertz CT molecular complexity index is 416. The summed E-state index contributed by atoms with van der Waals surface area (Å²) in [6, 6.07) is 7.25. The van der Waals surface area contributed by atoms with Crippen LogP contribution >= 0.6 is 22.6 Å². The molecule has 1 atom stereocenters. The van der Waals surface area contributed by atoms with Gasteiger partial charge < -0.3 is 4.74 Å². The second kappa shape index (κ2) is 5.57. The van der Waals surface area contributed by atoms with Crippen molar-refractivity contribution in [2.45, 2.75) is 13.2 Å². The maximum atomic E-state index is 10.8. The van der Waals surface area contributed by atoms with Crippen molar-refractivity contribution in [2.75, 3.05) is 0 Å². The van der Waals surface area contributed by atoms with E-state index in [1.54, 1.807) is 12.1 Å². The van der Waals surface area contributed by atoms with Gasteiger partial charge in [0.2, 0.25) is 6.23 Å². The Morgan fingerprint density at radius 1 is 1.60 bits per heavy atom. The van der Waals surface area contributed by atoms with E-state index in [1.807, 2.05) is 12.1 Å². The van der Waals surface area contributed by atoms with Gasteiger partial charge in [-0.05, 0) is 39.3 Å². The number of hydrogen-bond donors (Lipinski definition) is 0. The van der Waals surface area contributed by atoms with Gasteiger partial charge in [0.25, 0.3) is 0 Å². The van der Waals surface area contributed by atoms with Gasteiger partial charge in [0.15, 0.2) is 0 Å². The highest BCUT2D eigenvalue weighted by Gasteiger charge is 2.14. The SMILES string of the molecule is CC(=O)OC(N=[N+]=[N-])c1ccccc1I. The highest BCUT2D eigenvalue weighted by atomic mass is 127. The molecular weight excluding hydrogens is 309 g/mol. The fraction of sp³-hybridized carbons (Fsp3) is 0.222. The smallest absolute Gasteiger partial charge is 0.303 e. The molecule has 0 heterocycles.